The molecule has 0 radical (unpaired) electrons. The monoisotopic (exact) mass is 788 g/mol. The van der Waals surface area contributed by atoms with Crippen molar-refractivity contribution in [3.05, 3.63) is 205 Å². The standard InChI is InChI=1S/C53H30F2N6/c54-40-22-24-43(47(55)30-40)37-19-23-44(53-59-51(33-11-3-1-4-12-33)58-52(60-53)34-13-5-2-6-14-34)50(29-37)61-48-25-20-35(41-17-9-7-15-38(41)31-56)27-45(48)46-28-36(21-26-49(46)61)42-18-10-8-16-39(42)32-57/h1-30H. The summed E-state index contributed by atoms with van der Waals surface area (Å²) in [6.07, 6.45) is 0. The Hall–Kier alpha value is -8.59. The smallest absolute Gasteiger partial charge is 0.166 e. The van der Waals surface area contributed by atoms with Gasteiger partial charge in [0.2, 0.25) is 0 Å². The number of benzene rings is 8. The van der Waals surface area contributed by atoms with Crippen molar-refractivity contribution in [3.8, 4) is 85.4 Å². The second-order valence-electron chi connectivity index (χ2n) is 14.5. The van der Waals surface area contributed by atoms with Gasteiger partial charge in [-0.2, -0.15) is 10.5 Å². The summed E-state index contributed by atoms with van der Waals surface area (Å²) in [5, 5.41) is 21.9. The minimum atomic E-state index is -0.694. The first-order valence-electron chi connectivity index (χ1n) is 19.5. The maximum Gasteiger partial charge on any atom is 0.166 e. The van der Waals surface area contributed by atoms with Crippen molar-refractivity contribution < 1.29 is 8.78 Å². The third kappa shape index (κ3) is 6.65. The van der Waals surface area contributed by atoms with Gasteiger partial charge in [-0.05, 0) is 88.5 Å². The lowest BCUT2D eigenvalue weighted by molar-refractivity contribution is 0.585. The first kappa shape index (κ1) is 36.7. The second kappa shape index (κ2) is 15.3. The normalized spacial score (nSPS) is 11.1. The Bertz CT molecular complexity index is 3250. The number of hydrogen-bond donors (Lipinski definition) is 0. The molecular formula is C53H30F2N6. The Balaban J connectivity index is 1.30. The first-order valence-corrected chi connectivity index (χ1v) is 19.5. The maximum atomic E-state index is 15.6. The molecule has 8 aromatic carbocycles. The lowest BCUT2D eigenvalue weighted by Crippen LogP contribution is -2.04. The Morgan fingerprint density at radius 3 is 1.38 bits per heavy atom. The number of halogens is 2. The zero-order valence-electron chi connectivity index (χ0n) is 32.3. The van der Waals surface area contributed by atoms with Crippen LogP contribution in [0.3, 0.4) is 0 Å². The molecule has 0 N–H and O–H groups in total. The van der Waals surface area contributed by atoms with Crippen molar-refractivity contribution in [2.24, 2.45) is 0 Å². The summed E-state index contributed by atoms with van der Waals surface area (Å²) in [7, 11) is 0. The van der Waals surface area contributed by atoms with Crippen LogP contribution in [0.2, 0.25) is 0 Å². The van der Waals surface area contributed by atoms with Crippen LogP contribution < -0.4 is 0 Å². The van der Waals surface area contributed by atoms with E-state index >= 15 is 4.39 Å². The quantitative estimate of drug-likeness (QED) is 0.160. The molecule has 8 heteroatoms. The van der Waals surface area contributed by atoms with Crippen LogP contribution in [0.1, 0.15) is 11.1 Å². The van der Waals surface area contributed by atoms with Gasteiger partial charge in [0.25, 0.3) is 0 Å². The molecule has 2 heterocycles. The van der Waals surface area contributed by atoms with E-state index in [9.17, 15) is 14.9 Å². The van der Waals surface area contributed by atoms with E-state index in [0.29, 0.717) is 45.4 Å². The van der Waals surface area contributed by atoms with E-state index in [0.717, 1.165) is 61.3 Å². The molecule has 0 saturated carbocycles. The SMILES string of the molecule is N#Cc1ccccc1-c1ccc2c(c1)c1cc(-c3ccccc3C#N)ccc1n2-c1cc(-c2ccc(F)cc2F)ccc1-c1nc(-c2ccccc2)nc(-c2ccccc2)n1. The van der Waals surface area contributed by atoms with E-state index in [-0.39, 0.29) is 5.56 Å². The van der Waals surface area contributed by atoms with Crippen molar-refractivity contribution in [1.29, 1.82) is 10.5 Å². The minimum Gasteiger partial charge on any atom is -0.308 e. The van der Waals surface area contributed by atoms with Crippen molar-refractivity contribution in [2.45, 2.75) is 0 Å². The topological polar surface area (TPSA) is 91.2 Å². The molecule has 0 spiro atoms. The Morgan fingerprint density at radius 1 is 0.393 bits per heavy atom. The van der Waals surface area contributed by atoms with E-state index in [1.54, 1.807) is 18.2 Å². The van der Waals surface area contributed by atoms with Gasteiger partial charge in [-0.3, -0.25) is 0 Å². The number of fused-ring (bicyclic) bond motifs is 3. The summed E-state index contributed by atoms with van der Waals surface area (Å²) < 4.78 is 32.0. The predicted molar refractivity (Wildman–Crippen MR) is 236 cm³/mol. The lowest BCUT2D eigenvalue weighted by Gasteiger charge is -2.17. The molecule has 0 amide bonds. The summed E-state index contributed by atoms with van der Waals surface area (Å²) in [4.78, 5) is 15.1. The van der Waals surface area contributed by atoms with Crippen LogP contribution in [0.4, 0.5) is 8.78 Å². The second-order valence-corrected chi connectivity index (χ2v) is 14.5. The van der Waals surface area contributed by atoms with E-state index in [4.69, 9.17) is 15.0 Å². The van der Waals surface area contributed by atoms with Crippen molar-refractivity contribution in [1.82, 2.24) is 19.5 Å². The fourth-order valence-electron chi connectivity index (χ4n) is 8.01. The van der Waals surface area contributed by atoms with Gasteiger partial charge in [0.15, 0.2) is 17.5 Å². The molecule has 0 bridgehead atoms. The number of nitriles is 2. The molecule has 0 unspecified atom stereocenters. The number of aromatic nitrogens is 4. The fraction of sp³-hybridized carbons (Fsp3) is 0. The van der Waals surface area contributed by atoms with Crippen LogP contribution in [0.5, 0.6) is 0 Å². The van der Waals surface area contributed by atoms with Gasteiger partial charge in [-0.15, -0.1) is 0 Å². The van der Waals surface area contributed by atoms with Crippen LogP contribution >= 0.6 is 0 Å². The summed E-state index contributed by atoms with van der Waals surface area (Å²) in [5.74, 6) is -0.0146. The molecule has 0 atom stereocenters. The summed E-state index contributed by atoms with van der Waals surface area (Å²) in [6, 6.07) is 60.4. The Morgan fingerprint density at radius 2 is 0.852 bits per heavy atom. The highest BCUT2D eigenvalue weighted by Gasteiger charge is 2.22. The van der Waals surface area contributed by atoms with Gasteiger partial charge >= 0.3 is 0 Å². The van der Waals surface area contributed by atoms with Gasteiger partial charge in [0, 0.05) is 39.1 Å². The van der Waals surface area contributed by atoms with Crippen LogP contribution in [0, 0.1) is 34.3 Å². The third-order valence-electron chi connectivity index (χ3n) is 10.9. The third-order valence-corrected chi connectivity index (χ3v) is 10.9. The molecule has 6 nitrogen and oxygen atoms in total. The molecular weight excluding hydrogens is 759 g/mol. The molecule has 0 fully saturated rings. The van der Waals surface area contributed by atoms with Gasteiger partial charge < -0.3 is 4.57 Å². The van der Waals surface area contributed by atoms with E-state index in [1.807, 2.05) is 133 Å². The first-order chi connectivity index (χ1) is 30.0. The summed E-state index contributed by atoms with van der Waals surface area (Å²) in [5.41, 5.74) is 9.66. The van der Waals surface area contributed by atoms with Crippen LogP contribution in [0.25, 0.3) is 95.0 Å². The zero-order valence-corrected chi connectivity index (χ0v) is 32.3. The minimum absolute atomic E-state index is 0.228. The van der Waals surface area contributed by atoms with Crippen LogP contribution in [-0.2, 0) is 0 Å². The number of rotatable bonds is 7. The average Bonchev–Trinajstić information content (AvgIpc) is 3.64. The molecule has 0 aliphatic heterocycles. The Kier molecular flexibility index (Phi) is 9.21. The van der Waals surface area contributed by atoms with Crippen molar-refractivity contribution >= 4 is 21.8 Å². The summed E-state index contributed by atoms with van der Waals surface area (Å²) >= 11 is 0. The zero-order chi connectivity index (χ0) is 41.5. The van der Waals surface area contributed by atoms with E-state index in [2.05, 4.69) is 28.8 Å². The van der Waals surface area contributed by atoms with Crippen LogP contribution in [-0.4, -0.2) is 19.5 Å². The van der Waals surface area contributed by atoms with Gasteiger partial charge in [-0.25, -0.2) is 23.7 Å². The lowest BCUT2D eigenvalue weighted by atomic mass is 9.96. The van der Waals surface area contributed by atoms with Gasteiger partial charge in [0.05, 0.1) is 40.0 Å². The highest BCUT2D eigenvalue weighted by Crippen LogP contribution is 2.42. The molecule has 10 aromatic rings. The summed E-state index contributed by atoms with van der Waals surface area (Å²) in [6.45, 7) is 0. The molecule has 0 saturated heterocycles. The average molecular weight is 789 g/mol. The van der Waals surface area contributed by atoms with E-state index in [1.165, 1.54) is 12.1 Å². The maximum absolute atomic E-state index is 15.6. The van der Waals surface area contributed by atoms with Gasteiger partial charge in [0.1, 0.15) is 11.6 Å². The largest absolute Gasteiger partial charge is 0.308 e. The molecule has 2 aromatic heterocycles. The van der Waals surface area contributed by atoms with Crippen molar-refractivity contribution in [2.75, 3.05) is 0 Å². The fourth-order valence-corrected chi connectivity index (χ4v) is 8.01. The molecule has 0 aliphatic carbocycles. The highest BCUT2D eigenvalue weighted by molar-refractivity contribution is 6.12. The van der Waals surface area contributed by atoms with Crippen LogP contribution in [0.15, 0.2) is 182 Å². The number of nitrogens with zero attached hydrogens (tertiary/aromatic N) is 6. The highest BCUT2D eigenvalue weighted by atomic mass is 19.1. The molecule has 0 aliphatic rings. The van der Waals surface area contributed by atoms with Gasteiger partial charge in [-0.1, -0.05) is 115 Å². The predicted octanol–water partition coefficient (Wildman–Crippen LogP) is 13.0. The van der Waals surface area contributed by atoms with Crippen molar-refractivity contribution in [3.63, 3.8) is 0 Å². The molecule has 286 valence electrons. The van der Waals surface area contributed by atoms with E-state index < -0.39 is 11.6 Å². The molecule has 10 rings (SSSR count). The number of hydrogen-bond acceptors (Lipinski definition) is 5. The Labute approximate surface area is 349 Å². The molecule has 61 heavy (non-hydrogen) atoms.